The van der Waals surface area contributed by atoms with Gasteiger partial charge < -0.3 is 26.6 Å². The molecule has 2 bridgehead atoms. The van der Waals surface area contributed by atoms with Crippen LogP contribution in [0.15, 0.2) is 0 Å². The third kappa shape index (κ3) is 2.27. The van der Waals surface area contributed by atoms with Crippen LogP contribution in [0.4, 0.5) is 0 Å². The van der Waals surface area contributed by atoms with E-state index in [0.29, 0.717) is 6.54 Å². The Morgan fingerprint density at radius 3 is 2.56 bits per heavy atom. The van der Waals surface area contributed by atoms with E-state index in [9.17, 15) is 5.11 Å². The average Bonchev–Trinajstić information content (AvgIpc) is 2.28. The Morgan fingerprint density at radius 2 is 2.06 bits per heavy atom. The molecule has 4 heteroatoms. The number of aliphatic hydroxyl groups is 1. The van der Waals surface area contributed by atoms with Gasteiger partial charge in [0.25, 0.3) is 0 Å². The minimum absolute atomic E-state index is 0. The lowest BCUT2D eigenvalue weighted by Gasteiger charge is -2.54. The first-order valence-corrected chi connectivity index (χ1v) is 6.13. The minimum atomic E-state index is -1.02. The number of rotatable bonds is 3. The van der Waals surface area contributed by atoms with E-state index >= 15 is 0 Å². The molecule has 16 heavy (non-hydrogen) atoms. The Morgan fingerprint density at radius 1 is 1.44 bits per heavy atom. The normalized spacial score (nSPS) is 41.2. The number of quaternary nitrogens is 1. The molecule has 1 N–H and O–H groups in total. The van der Waals surface area contributed by atoms with Gasteiger partial charge in [-0.25, -0.2) is 0 Å². The van der Waals surface area contributed by atoms with E-state index in [1.165, 1.54) is 25.9 Å². The average molecular weight is 289 g/mol. The van der Waals surface area contributed by atoms with Crippen LogP contribution >= 0.6 is 0 Å². The Bertz CT molecular complexity index is 281. The predicted molar refractivity (Wildman–Crippen MR) is 57.9 cm³/mol. The second-order valence-electron chi connectivity index (χ2n) is 5.33. The lowest BCUT2D eigenvalue weighted by atomic mass is 9.74. The molecular weight excluding hydrogens is 268 g/mol. The van der Waals surface area contributed by atoms with Crippen molar-refractivity contribution in [1.82, 2.24) is 0 Å². The Balaban J connectivity index is 0.00000128. The smallest absolute Gasteiger partial charge is 0.203 e. The highest BCUT2D eigenvalue weighted by atomic mass is 79.9. The molecule has 0 saturated carbocycles. The zero-order valence-electron chi connectivity index (χ0n) is 9.95. The maximum Gasteiger partial charge on any atom is 0.203 e. The largest absolute Gasteiger partial charge is 1.00 e. The van der Waals surface area contributed by atoms with Crippen molar-refractivity contribution in [3.05, 3.63) is 0 Å². The molecule has 3 aliphatic heterocycles. The summed E-state index contributed by atoms with van der Waals surface area (Å²) in [6.07, 6.45) is 4.49. The topological polar surface area (TPSA) is 44.0 Å². The van der Waals surface area contributed by atoms with Crippen molar-refractivity contribution in [1.29, 1.82) is 5.26 Å². The van der Waals surface area contributed by atoms with Crippen LogP contribution in [0, 0.1) is 17.2 Å². The molecule has 0 spiro atoms. The van der Waals surface area contributed by atoms with Crippen LogP contribution in [0.25, 0.3) is 0 Å². The van der Waals surface area contributed by atoms with Gasteiger partial charge in [0.1, 0.15) is 12.6 Å². The molecule has 3 nitrogen and oxygen atoms in total. The minimum Gasteiger partial charge on any atom is -1.00 e. The Labute approximate surface area is 108 Å². The quantitative estimate of drug-likeness (QED) is 0.496. The summed E-state index contributed by atoms with van der Waals surface area (Å²) in [7, 11) is 0. The van der Waals surface area contributed by atoms with Gasteiger partial charge in [-0.1, -0.05) is 13.3 Å². The van der Waals surface area contributed by atoms with E-state index in [2.05, 4.69) is 13.0 Å². The summed E-state index contributed by atoms with van der Waals surface area (Å²) in [4.78, 5) is 0. The van der Waals surface area contributed by atoms with Crippen LogP contribution in [0.5, 0.6) is 0 Å². The number of fused-ring (bicyclic) bond motifs is 3. The molecule has 3 aliphatic rings. The lowest BCUT2D eigenvalue weighted by Crippen LogP contribution is -3.00. The molecule has 3 heterocycles. The molecule has 1 unspecified atom stereocenters. The van der Waals surface area contributed by atoms with E-state index in [4.69, 9.17) is 5.26 Å². The Kier molecular flexibility index (Phi) is 4.39. The number of nitrogens with zero attached hydrogens (tertiary/aromatic N) is 2. The second-order valence-corrected chi connectivity index (χ2v) is 5.33. The third-order valence-corrected chi connectivity index (χ3v) is 4.34. The zero-order valence-corrected chi connectivity index (χ0v) is 11.5. The van der Waals surface area contributed by atoms with Crippen LogP contribution in [-0.4, -0.2) is 41.4 Å². The number of halogens is 1. The summed E-state index contributed by atoms with van der Waals surface area (Å²) < 4.78 is 0.994. The molecule has 3 saturated heterocycles. The van der Waals surface area contributed by atoms with Crippen molar-refractivity contribution in [3.63, 3.8) is 0 Å². The molecule has 92 valence electrons. The van der Waals surface area contributed by atoms with Crippen LogP contribution in [-0.2, 0) is 0 Å². The van der Waals surface area contributed by atoms with E-state index in [-0.39, 0.29) is 22.9 Å². The molecule has 1 atom stereocenters. The van der Waals surface area contributed by atoms with Gasteiger partial charge in [-0.05, 0) is 6.42 Å². The second kappa shape index (κ2) is 5.03. The number of hydrogen-bond acceptors (Lipinski definition) is 2. The van der Waals surface area contributed by atoms with Crippen molar-refractivity contribution in [2.75, 3.05) is 26.2 Å². The molecular formula is C12H21BrN2O. The first-order chi connectivity index (χ1) is 7.14. The fourth-order valence-electron chi connectivity index (χ4n) is 3.31. The predicted octanol–water partition coefficient (Wildman–Crippen LogP) is -1.71. The molecule has 0 radical (unpaired) electrons. The standard InChI is InChI=1S/C12H21N2O.BrH/c1-2-3-6-14-7-4-11(5-8-14)12(15,9-13)10-14;/h11,15H,2-8,10H2,1H3;1H/q+1;/p-1. The molecule has 0 amide bonds. The van der Waals surface area contributed by atoms with Crippen molar-refractivity contribution in [3.8, 4) is 6.07 Å². The van der Waals surface area contributed by atoms with Gasteiger partial charge in [0.05, 0.1) is 19.6 Å². The van der Waals surface area contributed by atoms with Gasteiger partial charge in [0.15, 0.2) is 0 Å². The first-order valence-electron chi connectivity index (χ1n) is 6.13. The molecule has 0 aromatic rings. The fraction of sp³-hybridized carbons (Fsp3) is 0.917. The van der Waals surface area contributed by atoms with Gasteiger partial charge in [-0.3, -0.25) is 0 Å². The van der Waals surface area contributed by atoms with Gasteiger partial charge in [-0.15, -0.1) is 0 Å². The molecule has 3 fully saturated rings. The van der Waals surface area contributed by atoms with Crippen molar-refractivity contribution < 1.29 is 26.6 Å². The molecule has 0 aromatic carbocycles. The summed E-state index contributed by atoms with van der Waals surface area (Å²) >= 11 is 0. The van der Waals surface area contributed by atoms with E-state index in [1.807, 2.05) is 0 Å². The zero-order chi connectivity index (χ0) is 10.9. The monoisotopic (exact) mass is 288 g/mol. The van der Waals surface area contributed by atoms with Crippen LogP contribution < -0.4 is 17.0 Å². The molecule has 0 aromatic heterocycles. The van der Waals surface area contributed by atoms with Crippen LogP contribution in [0.3, 0.4) is 0 Å². The van der Waals surface area contributed by atoms with E-state index in [0.717, 1.165) is 23.9 Å². The highest BCUT2D eigenvalue weighted by Gasteiger charge is 2.54. The summed E-state index contributed by atoms with van der Waals surface area (Å²) in [5.41, 5.74) is -1.02. The van der Waals surface area contributed by atoms with Crippen molar-refractivity contribution in [2.24, 2.45) is 5.92 Å². The lowest BCUT2D eigenvalue weighted by molar-refractivity contribution is -0.949. The van der Waals surface area contributed by atoms with Gasteiger partial charge in [-0.2, -0.15) is 5.26 Å². The summed E-state index contributed by atoms with van der Waals surface area (Å²) in [5.74, 6) is 0.240. The van der Waals surface area contributed by atoms with Gasteiger partial charge in [0.2, 0.25) is 5.60 Å². The van der Waals surface area contributed by atoms with E-state index in [1.54, 1.807) is 0 Å². The highest BCUT2D eigenvalue weighted by molar-refractivity contribution is 5.08. The first kappa shape index (κ1) is 14.0. The summed E-state index contributed by atoms with van der Waals surface area (Å²) in [6, 6.07) is 2.15. The van der Waals surface area contributed by atoms with Gasteiger partial charge >= 0.3 is 0 Å². The number of hydrogen-bond donors (Lipinski definition) is 1. The SMILES string of the molecule is CCCC[N+]12CCC(CC1)C(O)(C#N)C2.[Br-]. The maximum atomic E-state index is 10.3. The van der Waals surface area contributed by atoms with E-state index < -0.39 is 5.60 Å². The Hall–Kier alpha value is -0.110. The highest BCUT2D eigenvalue weighted by Crippen LogP contribution is 2.40. The summed E-state index contributed by atoms with van der Waals surface area (Å²) in [6.45, 7) is 6.37. The van der Waals surface area contributed by atoms with Gasteiger partial charge in [0, 0.05) is 18.8 Å². The fourth-order valence-corrected chi connectivity index (χ4v) is 3.31. The van der Waals surface area contributed by atoms with Crippen molar-refractivity contribution >= 4 is 0 Å². The molecule has 0 aliphatic carbocycles. The number of nitriles is 1. The van der Waals surface area contributed by atoms with Crippen LogP contribution in [0.1, 0.15) is 32.6 Å². The van der Waals surface area contributed by atoms with Crippen molar-refractivity contribution in [2.45, 2.75) is 38.2 Å². The van der Waals surface area contributed by atoms with Crippen LogP contribution in [0.2, 0.25) is 0 Å². The summed E-state index contributed by atoms with van der Waals surface area (Å²) in [5, 5.41) is 19.4. The maximum absolute atomic E-state index is 10.3. The number of piperidine rings is 3. The third-order valence-electron chi connectivity index (χ3n) is 4.34. The molecule has 3 rings (SSSR count). The number of unbranched alkanes of at least 4 members (excludes halogenated alkanes) is 1.